The summed E-state index contributed by atoms with van der Waals surface area (Å²) in [6, 6.07) is -7.33. The van der Waals surface area contributed by atoms with E-state index in [0.717, 1.165) is 27.7 Å². The lowest BCUT2D eigenvalue weighted by molar-refractivity contribution is -0.395. The van der Waals surface area contributed by atoms with Gasteiger partial charge in [-0.25, -0.2) is 9.59 Å². The van der Waals surface area contributed by atoms with Crippen LogP contribution in [0.1, 0.15) is 47.5 Å². The number of hydrogen-bond donors (Lipinski definition) is 23. The van der Waals surface area contributed by atoms with Crippen molar-refractivity contribution in [1.29, 1.82) is 0 Å². The third-order valence-electron chi connectivity index (χ3n) is 15.9. The van der Waals surface area contributed by atoms with E-state index in [9.17, 15) is 126 Å². The van der Waals surface area contributed by atoms with Gasteiger partial charge in [0.05, 0.1) is 63.4 Å². The molecule has 40 heteroatoms. The summed E-state index contributed by atoms with van der Waals surface area (Å²) in [7, 11) is 0. The number of aliphatic hydroxyl groups excluding tert-OH is 17. The standard InChI is InChI=1S/C50H82N4O36/c1-13-29(67)34(72)35(73)45(81-13)87-41-28(54-17(5)62)44(86-38-27(53-16(4)61)43(75)82-24(33(38)71)12-80-49(47(76)77)6-18(63)25(51-14(2)59)39(88-49)30(68)20(65)8-55)84-23(11-58)37(41)85-46-36(74)42(32(70)22(10-57)83-46)90-50(48(78)79)7-19(64)26(52-15(3)60)40(89-50)31(69)21(66)9-56/h13,18-46,55-58,63-75H,6-12H2,1-5H3,(H,51,59)(H,52,60)(H,53,61)(H,54,62)(H,76,77)(H,78,79)/t13-,18-,19-,20+,21+,22+,23+,24+,25+,26+,27+,28+,29+,30+,31+,32-,33-,34+,35-,36+,37+,38+,39+,40+,41+,42-,43?,44-,45-,46-,49+,50-/m0/s1. The van der Waals surface area contributed by atoms with Crippen molar-refractivity contribution in [2.24, 2.45) is 0 Å². The lowest BCUT2D eigenvalue weighted by Gasteiger charge is -2.52. The molecular formula is C50H82N4O36. The monoisotopic (exact) mass is 1310 g/mol. The minimum atomic E-state index is -3.29. The first-order chi connectivity index (χ1) is 42.1. The second-order valence-corrected chi connectivity index (χ2v) is 22.6. The zero-order valence-corrected chi connectivity index (χ0v) is 48.7. The van der Waals surface area contributed by atoms with Crippen LogP contribution in [-0.2, 0) is 80.9 Å². The van der Waals surface area contributed by atoms with Crippen LogP contribution in [-0.4, -0.2) is 361 Å². The molecule has 6 aliphatic rings. The van der Waals surface area contributed by atoms with E-state index in [1.54, 1.807) is 0 Å². The quantitative estimate of drug-likeness (QED) is 0.0404. The highest BCUT2D eigenvalue weighted by Crippen LogP contribution is 2.41. The second kappa shape index (κ2) is 31.3. The van der Waals surface area contributed by atoms with Crippen LogP contribution < -0.4 is 21.3 Å². The summed E-state index contributed by atoms with van der Waals surface area (Å²) in [4.78, 5) is 76.6. The normalized spacial score (nSPS) is 43.8. The van der Waals surface area contributed by atoms with E-state index in [4.69, 9.17) is 52.1 Å². The molecule has 0 bridgehead atoms. The summed E-state index contributed by atoms with van der Waals surface area (Å²) in [5.41, 5.74) is 0. The number of hydrogen-bond acceptors (Lipinski definition) is 34. The average molecular weight is 1320 g/mol. The summed E-state index contributed by atoms with van der Waals surface area (Å²) in [5, 5.41) is 216. The molecule has 6 saturated heterocycles. The number of aliphatic hydroxyl groups is 17. The zero-order chi connectivity index (χ0) is 67.3. The number of nitrogens with one attached hydrogen (secondary N) is 4. The molecule has 32 atom stereocenters. The first-order valence-corrected chi connectivity index (χ1v) is 28.2. The van der Waals surface area contributed by atoms with E-state index >= 15 is 0 Å². The van der Waals surface area contributed by atoms with Crippen molar-refractivity contribution in [1.82, 2.24) is 21.3 Å². The van der Waals surface area contributed by atoms with Gasteiger partial charge in [0.2, 0.25) is 23.6 Å². The van der Waals surface area contributed by atoms with Crippen molar-refractivity contribution in [3.63, 3.8) is 0 Å². The highest BCUT2D eigenvalue weighted by molar-refractivity contribution is 5.77. The summed E-state index contributed by atoms with van der Waals surface area (Å²) < 4.78 is 64.6. The molecule has 6 aliphatic heterocycles. The molecule has 6 rings (SSSR count). The molecule has 1 unspecified atom stereocenters. The maximum absolute atomic E-state index is 13.3. The Bertz CT molecular complexity index is 2430. The molecule has 0 saturated carbocycles. The Morgan fingerprint density at radius 2 is 0.911 bits per heavy atom. The predicted octanol–water partition coefficient (Wildman–Crippen LogP) is -14.1. The third-order valence-corrected chi connectivity index (χ3v) is 15.9. The Hall–Kier alpha value is -4.30. The molecular weight excluding hydrogens is 1230 g/mol. The van der Waals surface area contributed by atoms with E-state index < -0.39 is 277 Å². The van der Waals surface area contributed by atoms with Crippen LogP contribution in [0.4, 0.5) is 0 Å². The fourth-order valence-corrected chi connectivity index (χ4v) is 11.4. The number of amides is 4. The second-order valence-electron chi connectivity index (χ2n) is 22.6. The van der Waals surface area contributed by atoms with Gasteiger partial charge in [-0.1, -0.05) is 0 Å². The molecule has 0 aromatic carbocycles. The number of carboxylic acid groups (broad SMARTS) is 2. The lowest BCUT2D eigenvalue weighted by Crippen LogP contribution is -2.72. The topological polar surface area (TPSA) is 636 Å². The van der Waals surface area contributed by atoms with Crippen molar-refractivity contribution >= 4 is 35.6 Å². The van der Waals surface area contributed by atoms with Crippen LogP contribution in [0.15, 0.2) is 0 Å². The number of rotatable bonds is 25. The van der Waals surface area contributed by atoms with Gasteiger partial charge in [-0.15, -0.1) is 0 Å². The molecule has 90 heavy (non-hydrogen) atoms. The summed E-state index contributed by atoms with van der Waals surface area (Å²) in [6.45, 7) is -0.984. The van der Waals surface area contributed by atoms with E-state index in [1.807, 2.05) is 0 Å². The van der Waals surface area contributed by atoms with Gasteiger partial charge in [0.15, 0.2) is 25.2 Å². The Labute approximate surface area is 509 Å². The van der Waals surface area contributed by atoms with Crippen molar-refractivity contribution in [2.75, 3.05) is 33.0 Å². The third kappa shape index (κ3) is 16.4. The maximum Gasteiger partial charge on any atom is 0.364 e. The first kappa shape index (κ1) is 74.7. The van der Waals surface area contributed by atoms with Gasteiger partial charge >= 0.3 is 11.9 Å². The van der Waals surface area contributed by atoms with Crippen LogP contribution in [0.2, 0.25) is 0 Å². The number of aliphatic carboxylic acids is 2. The maximum atomic E-state index is 13.3. The number of ether oxygens (including phenoxy) is 11. The van der Waals surface area contributed by atoms with Crippen LogP contribution in [0, 0.1) is 0 Å². The van der Waals surface area contributed by atoms with E-state index in [-0.39, 0.29) is 0 Å². The summed E-state index contributed by atoms with van der Waals surface area (Å²) in [5.74, 6) is -14.2. The molecule has 0 aromatic heterocycles. The molecule has 518 valence electrons. The van der Waals surface area contributed by atoms with Gasteiger partial charge in [0, 0.05) is 40.5 Å². The summed E-state index contributed by atoms with van der Waals surface area (Å²) in [6.07, 6.45) is -57.7. The molecule has 6 fully saturated rings. The van der Waals surface area contributed by atoms with Crippen LogP contribution in [0.25, 0.3) is 0 Å². The van der Waals surface area contributed by atoms with Crippen molar-refractivity contribution in [2.45, 2.75) is 243 Å². The van der Waals surface area contributed by atoms with Gasteiger partial charge in [-0.05, 0) is 6.92 Å². The fraction of sp³-hybridized carbons (Fsp3) is 0.880. The van der Waals surface area contributed by atoms with Gasteiger partial charge in [0.1, 0.15) is 128 Å². The van der Waals surface area contributed by atoms with Crippen LogP contribution in [0.5, 0.6) is 0 Å². The Morgan fingerprint density at radius 1 is 0.478 bits per heavy atom. The van der Waals surface area contributed by atoms with Gasteiger partial charge < -0.3 is 170 Å². The zero-order valence-electron chi connectivity index (χ0n) is 48.7. The van der Waals surface area contributed by atoms with Crippen molar-refractivity contribution < 1.29 is 178 Å². The number of carbonyl (C=O) groups excluding carboxylic acids is 4. The Kier molecular flexibility index (Phi) is 26.0. The molecule has 0 aromatic rings. The first-order valence-electron chi connectivity index (χ1n) is 28.2. The molecule has 0 radical (unpaired) electrons. The van der Waals surface area contributed by atoms with Crippen LogP contribution >= 0.6 is 0 Å². The lowest BCUT2D eigenvalue weighted by atomic mass is 9.88. The number of carboxylic acids is 2. The van der Waals surface area contributed by atoms with Gasteiger partial charge in [0.25, 0.3) is 11.6 Å². The highest BCUT2D eigenvalue weighted by Gasteiger charge is 2.63. The largest absolute Gasteiger partial charge is 0.477 e. The SMILES string of the molecule is CC(=O)N[C@H]1[C@H](O[C@H]2[C@@H](O)[C@@H](CO[C@]3(C(=O)O)C[C@H](O)[C@@H](NC(C)=O)[C@H]([C@H](O)[C@H](O)CO)O3)OC(O)[C@@H]2NC(C)=O)O[C@H](CO)[C@@H](O[C@@H]2O[C@H](CO)[C@H](O)[C@H](O[C@]3(C(=O)O)C[C@H](O)[C@@H](NC(C)=O)[C@H]([C@H](O)[C@H](O)CO)O3)[C@H]2O)[C@@H]1O[C@@H]1O[C@@H](C)[C@@H](O)[C@@H](O)[C@@H]1O. The molecule has 4 amide bonds. The van der Waals surface area contributed by atoms with Crippen molar-refractivity contribution in [3.05, 3.63) is 0 Å². The Morgan fingerprint density at radius 3 is 1.40 bits per heavy atom. The van der Waals surface area contributed by atoms with Gasteiger partial charge in [-0.2, -0.15) is 0 Å². The smallest absolute Gasteiger partial charge is 0.364 e. The molecule has 23 N–H and O–H groups in total. The predicted molar refractivity (Wildman–Crippen MR) is 279 cm³/mol. The van der Waals surface area contributed by atoms with E-state index in [2.05, 4.69) is 21.3 Å². The average Bonchev–Trinajstić information content (AvgIpc) is 0.780. The molecule has 40 nitrogen and oxygen atoms in total. The molecule has 0 aliphatic carbocycles. The molecule has 0 spiro atoms. The molecule has 6 heterocycles. The number of carbonyl (C=O) groups is 6. The van der Waals surface area contributed by atoms with Crippen LogP contribution in [0.3, 0.4) is 0 Å². The minimum absolute atomic E-state index is 0.826. The summed E-state index contributed by atoms with van der Waals surface area (Å²) >= 11 is 0. The van der Waals surface area contributed by atoms with Crippen molar-refractivity contribution in [3.8, 4) is 0 Å². The van der Waals surface area contributed by atoms with E-state index in [1.165, 1.54) is 6.92 Å². The fourth-order valence-electron chi connectivity index (χ4n) is 11.4. The van der Waals surface area contributed by atoms with Gasteiger partial charge in [-0.3, -0.25) is 19.2 Å². The minimum Gasteiger partial charge on any atom is -0.477 e. The Balaban J connectivity index is 1.39. The highest BCUT2D eigenvalue weighted by atomic mass is 16.8. The van der Waals surface area contributed by atoms with E-state index in [0.29, 0.717) is 0 Å².